The lowest BCUT2D eigenvalue weighted by atomic mass is 9.83. The third-order valence-electron chi connectivity index (χ3n) is 5.04. The Hall–Kier alpha value is -1.10. The first-order chi connectivity index (χ1) is 11.1. The van der Waals surface area contributed by atoms with Gasteiger partial charge in [0.2, 0.25) is 0 Å². The molecule has 1 atom stereocenters. The van der Waals surface area contributed by atoms with Gasteiger partial charge in [0.1, 0.15) is 0 Å². The second kappa shape index (κ2) is 7.20. The SMILES string of the molecule is O=C1N(CC2CCC2)CCC[C@@]1(O)CNCc1cccc(Cl)c1. The lowest BCUT2D eigenvalue weighted by Crippen LogP contribution is -2.58. The predicted octanol–water partition coefficient (Wildman–Crippen LogP) is 2.58. The maximum absolute atomic E-state index is 12.6. The molecule has 1 aromatic carbocycles. The van der Waals surface area contributed by atoms with Gasteiger partial charge in [0.15, 0.2) is 5.60 Å². The van der Waals surface area contributed by atoms with Gasteiger partial charge in [0, 0.05) is 31.2 Å². The molecule has 0 spiro atoms. The Kier molecular flexibility index (Phi) is 5.24. The molecule has 5 heteroatoms. The van der Waals surface area contributed by atoms with E-state index in [-0.39, 0.29) is 5.91 Å². The summed E-state index contributed by atoms with van der Waals surface area (Å²) in [5.41, 5.74) is -0.212. The van der Waals surface area contributed by atoms with Crippen molar-refractivity contribution < 1.29 is 9.90 Å². The maximum Gasteiger partial charge on any atom is 0.255 e. The molecule has 1 saturated carbocycles. The molecule has 3 rings (SSSR count). The fourth-order valence-electron chi connectivity index (χ4n) is 3.45. The quantitative estimate of drug-likeness (QED) is 0.839. The molecule has 0 aromatic heterocycles. The van der Waals surface area contributed by atoms with Crippen molar-refractivity contribution in [2.75, 3.05) is 19.6 Å². The normalized spacial score (nSPS) is 25.5. The molecule has 2 aliphatic rings. The summed E-state index contributed by atoms with van der Waals surface area (Å²) in [5, 5.41) is 14.7. The Bertz CT molecular complexity index is 562. The number of nitrogens with one attached hydrogen (secondary N) is 1. The van der Waals surface area contributed by atoms with Crippen molar-refractivity contribution in [1.29, 1.82) is 0 Å². The van der Waals surface area contributed by atoms with Crippen molar-refractivity contribution in [3.8, 4) is 0 Å². The second-order valence-corrected chi connectivity index (χ2v) is 7.35. The number of rotatable bonds is 6. The number of likely N-dealkylation sites (tertiary alicyclic amines) is 1. The molecule has 4 nitrogen and oxygen atoms in total. The molecule has 2 N–H and O–H groups in total. The van der Waals surface area contributed by atoms with Crippen molar-refractivity contribution in [2.45, 2.75) is 44.2 Å². The molecule has 23 heavy (non-hydrogen) atoms. The zero-order valence-corrected chi connectivity index (χ0v) is 14.2. The van der Waals surface area contributed by atoms with Crippen LogP contribution in [0.15, 0.2) is 24.3 Å². The van der Waals surface area contributed by atoms with Crippen LogP contribution in [-0.2, 0) is 11.3 Å². The molecule has 2 fully saturated rings. The summed E-state index contributed by atoms with van der Waals surface area (Å²) >= 11 is 5.97. The average molecular weight is 337 g/mol. The lowest BCUT2D eigenvalue weighted by molar-refractivity contribution is -0.157. The van der Waals surface area contributed by atoms with Crippen molar-refractivity contribution in [1.82, 2.24) is 10.2 Å². The molecule has 0 unspecified atom stereocenters. The van der Waals surface area contributed by atoms with E-state index in [1.54, 1.807) is 0 Å². The summed E-state index contributed by atoms with van der Waals surface area (Å²) in [6, 6.07) is 7.61. The third-order valence-corrected chi connectivity index (χ3v) is 5.28. The van der Waals surface area contributed by atoms with E-state index >= 15 is 0 Å². The van der Waals surface area contributed by atoms with Gasteiger partial charge >= 0.3 is 0 Å². The number of hydrogen-bond donors (Lipinski definition) is 2. The molecule has 1 amide bonds. The number of carbonyl (C=O) groups excluding carboxylic acids is 1. The first-order valence-electron chi connectivity index (χ1n) is 8.54. The number of halogens is 1. The van der Waals surface area contributed by atoms with E-state index < -0.39 is 5.60 Å². The van der Waals surface area contributed by atoms with Gasteiger partial charge in [0.25, 0.3) is 5.91 Å². The highest BCUT2D eigenvalue weighted by molar-refractivity contribution is 6.30. The Morgan fingerprint density at radius 1 is 1.35 bits per heavy atom. The van der Waals surface area contributed by atoms with Gasteiger partial charge in [-0.15, -0.1) is 0 Å². The van der Waals surface area contributed by atoms with E-state index in [0.717, 1.165) is 25.1 Å². The second-order valence-electron chi connectivity index (χ2n) is 6.92. The summed E-state index contributed by atoms with van der Waals surface area (Å²) in [4.78, 5) is 14.5. The van der Waals surface area contributed by atoms with Crippen LogP contribution in [0.25, 0.3) is 0 Å². The van der Waals surface area contributed by atoms with Crippen LogP contribution in [-0.4, -0.2) is 41.1 Å². The van der Waals surface area contributed by atoms with Crippen molar-refractivity contribution in [3.05, 3.63) is 34.9 Å². The molecule has 0 radical (unpaired) electrons. The van der Waals surface area contributed by atoms with Crippen molar-refractivity contribution in [3.63, 3.8) is 0 Å². The number of piperidine rings is 1. The summed E-state index contributed by atoms with van der Waals surface area (Å²) in [7, 11) is 0. The Labute approximate surface area is 142 Å². The number of hydrogen-bond acceptors (Lipinski definition) is 3. The van der Waals surface area contributed by atoms with Gasteiger partial charge in [-0.2, -0.15) is 0 Å². The van der Waals surface area contributed by atoms with Crippen LogP contribution >= 0.6 is 11.6 Å². The molecular weight excluding hydrogens is 312 g/mol. The monoisotopic (exact) mass is 336 g/mol. The highest BCUT2D eigenvalue weighted by atomic mass is 35.5. The van der Waals surface area contributed by atoms with Gasteiger partial charge in [0.05, 0.1) is 0 Å². The van der Waals surface area contributed by atoms with E-state index in [1.807, 2.05) is 29.2 Å². The topological polar surface area (TPSA) is 52.6 Å². The predicted molar refractivity (Wildman–Crippen MR) is 91.3 cm³/mol. The number of benzene rings is 1. The van der Waals surface area contributed by atoms with Crippen LogP contribution in [0.4, 0.5) is 0 Å². The standard InChI is InChI=1S/C18H25ClN2O2/c19-16-7-2-6-15(10-16)11-20-13-18(23)8-3-9-21(17(18)22)12-14-4-1-5-14/h2,6-7,10,14,20,23H,1,3-5,8-9,11-13H2/t18-/m1/s1. The molecule has 126 valence electrons. The van der Waals surface area contributed by atoms with E-state index in [4.69, 9.17) is 11.6 Å². The highest BCUT2D eigenvalue weighted by Gasteiger charge is 2.42. The largest absolute Gasteiger partial charge is 0.379 e. The van der Waals surface area contributed by atoms with E-state index in [2.05, 4.69) is 5.32 Å². The fourth-order valence-corrected chi connectivity index (χ4v) is 3.66. The van der Waals surface area contributed by atoms with Crippen molar-refractivity contribution in [2.24, 2.45) is 5.92 Å². The van der Waals surface area contributed by atoms with Crippen LogP contribution in [0.1, 0.15) is 37.7 Å². The first kappa shape index (κ1) is 16.7. The maximum atomic E-state index is 12.6. The molecule has 1 saturated heterocycles. The number of aliphatic hydroxyl groups is 1. The molecule has 1 heterocycles. The van der Waals surface area contributed by atoms with E-state index in [9.17, 15) is 9.90 Å². The van der Waals surface area contributed by atoms with Crippen LogP contribution in [0.3, 0.4) is 0 Å². The Balaban J connectivity index is 1.53. The molecule has 0 bridgehead atoms. The van der Waals surface area contributed by atoms with E-state index in [0.29, 0.717) is 30.5 Å². The Morgan fingerprint density at radius 2 is 2.17 bits per heavy atom. The van der Waals surface area contributed by atoms with Gasteiger partial charge in [-0.3, -0.25) is 4.79 Å². The van der Waals surface area contributed by atoms with Gasteiger partial charge in [-0.1, -0.05) is 30.2 Å². The molecule has 1 aliphatic heterocycles. The highest BCUT2D eigenvalue weighted by Crippen LogP contribution is 2.30. The van der Waals surface area contributed by atoms with Gasteiger partial charge in [-0.05, 0) is 49.3 Å². The number of amides is 1. The summed E-state index contributed by atoms with van der Waals surface area (Å²) in [6.45, 7) is 2.49. The van der Waals surface area contributed by atoms with Gasteiger partial charge < -0.3 is 15.3 Å². The van der Waals surface area contributed by atoms with E-state index in [1.165, 1.54) is 19.3 Å². The van der Waals surface area contributed by atoms with Crippen LogP contribution in [0.2, 0.25) is 5.02 Å². The van der Waals surface area contributed by atoms with Crippen LogP contribution in [0, 0.1) is 5.92 Å². The average Bonchev–Trinajstić information content (AvgIpc) is 2.47. The molecule has 1 aliphatic carbocycles. The summed E-state index contributed by atoms with van der Waals surface area (Å²) in [6.07, 6.45) is 5.12. The minimum absolute atomic E-state index is 0.103. The fraction of sp³-hybridized carbons (Fsp3) is 0.611. The van der Waals surface area contributed by atoms with Crippen LogP contribution < -0.4 is 5.32 Å². The zero-order chi connectivity index (χ0) is 16.3. The van der Waals surface area contributed by atoms with Crippen LogP contribution in [0.5, 0.6) is 0 Å². The minimum Gasteiger partial charge on any atom is -0.379 e. The summed E-state index contributed by atoms with van der Waals surface area (Å²) in [5.74, 6) is 0.537. The Morgan fingerprint density at radius 3 is 2.87 bits per heavy atom. The summed E-state index contributed by atoms with van der Waals surface area (Å²) < 4.78 is 0. The minimum atomic E-state index is -1.26. The smallest absolute Gasteiger partial charge is 0.255 e. The molecular formula is C18H25ClN2O2. The number of carbonyl (C=O) groups is 1. The lowest BCUT2D eigenvalue weighted by Gasteiger charge is -2.41. The number of nitrogens with zero attached hydrogens (tertiary/aromatic N) is 1. The van der Waals surface area contributed by atoms with Gasteiger partial charge in [-0.25, -0.2) is 0 Å². The first-order valence-corrected chi connectivity index (χ1v) is 8.91. The molecule has 1 aromatic rings. The van der Waals surface area contributed by atoms with Crippen molar-refractivity contribution >= 4 is 17.5 Å². The zero-order valence-electron chi connectivity index (χ0n) is 13.4. The third kappa shape index (κ3) is 4.06.